The van der Waals surface area contributed by atoms with Gasteiger partial charge in [0.05, 0.1) is 6.61 Å². The van der Waals surface area contributed by atoms with Gasteiger partial charge in [0, 0.05) is 15.6 Å². The molecule has 9 heteroatoms. The van der Waals surface area contributed by atoms with Crippen molar-refractivity contribution < 1.29 is 22.1 Å². The average molecular weight is 342 g/mol. The van der Waals surface area contributed by atoms with E-state index in [1.807, 2.05) is 0 Å². The van der Waals surface area contributed by atoms with E-state index in [9.17, 15) is 8.42 Å². The number of rotatable bonds is 4. The van der Waals surface area contributed by atoms with Gasteiger partial charge in [-0.15, -0.1) is 0 Å². The first-order valence-corrected chi connectivity index (χ1v) is 7.92. The summed E-state index contributed by atoms with van der Waals surface area (Å²) in [7, 11) is -4.04. The van der Waals surface area contributed by atoms with Gasteiger partial charge in [0.2, 0.25) is 0 Å². The largest absolute Gasteiger partial charge is 0.344 e. The summed E-state index contributed by atoms with van der Waals surface area (Å²) in [4.78, 5) is 0. The first-order chi connectivity index (χ1) is 9.26. The fraction of sp³-hybridized carbons (Fsp3) is 0.455. The van der Waals surface area contributed by atoms with Crippen molar-refractivity contribution >= 4 is 33.5 Å². The lowest BCUT2D eigenvalue weighted by molar-refractivity contribution is -0.0549. The smallest absolute Gasteiger partial charge is 0.333 e. The lowest BCUT2D eigenvalue weighted by Crippen LogP contribution is -2.27. The van der Waals surface area contributed by atoms with Crippen molar-refractivity contribution in [2.45, 2.75) is 25.4 Å². The Labute approximate surface area is 127 Å². The van der Waals surface area contributed by atoms with Gasteiger partial charge in [-0.2, -0.15) is 8.42 Å². The van der Waals surface area contributed by atoms with E-state index in [0.717, 1.165) is 0 Å². The van der Waals surface area contributed by atoms with Crippen molar-refractivity contribution in [2.24, 2.45) is 5.14 Å². The summed E-state index contributed by atoms with van der Waals surface area (Å²) in [6.45, 7) is 1.43. The van der Waals surface area contributed by atoms with Crippen LogP contribution in [0.15, 0.2) is 18.2 Å². The summed E-state index contributed by atoms with van der Waals surface area (Å²) in [5, 5.41) is 5.68. The Balaban J connectivity index is 2.19. The van der Waals surface area contributed by atoms with Crippen LogP contribution in [-0.2, 0) is 24.0 Å². The lowest BCUT2D eigenvalue weighted by atomic mass is 10.1. The fourth-order valence-electron chi connectivity index (χ4n) is 1.94. The van der Waals surface area contributed by atoms with Gasteiger partial charge >= 0.3 is 10.3 Å². The Bertz CT molecular complexity index is 594. The molecule has 0 amide bonds. The average Bonchev–Trinajstić information content (AvgIpc) is 2.67. The summed E-state index contributed by atoms with van der Waals surface area (Å²) in [6.07, 6.45) is -1.71. The van der Waals surface area contributed by atoms with Crippen LogP contribution in [0.5, 0.6) is 0 Å². The predicted octanol–water partition coefficient (Wildman–Crippen LogP) is 2.02. The molecule has 0 spiro atoms. The molecule has 1 aliphatic heterocycles. The normalized spacial score (nSPS) is 26.9. The second kappa shape index (κ2) is 6.15. The fourth-order valence-corrected chi connectivity index (χ4v) is 2.78. The Morgan fingerprint density at radius 1 is 1.35 bits per heavy atom. The van der Waals surface area contributed by atoms with Crippen molar-refractivity contribution in [3.63, 3.8) is 0 Å². The molecule has 0 aromatic heterocycles. The van der Waals surface area contributed by atoms with Crippen LogP contribution in [0.2, 0.25) is 10.0 Å². The highest BCUT2D eigenvalue weighted by atomic mass is 35.5. The summed E-state index contributed by atoms with van der Waals surface area (Å²) in [5.74, 6) is 0. The molecule has 1 heterocycles. The van der Waals surface area contributed by atoms with Gasteiger partial charge < -0.3 is 9.47 Å². The molecular formula is C11H13Cl2NO5S. The molecular weight excluding hydrogens is 329 g/mol. The number of hydrogen-bond donors (Lipinski definition) is 1. The SMILES string of the molecule is CC1O[C@H](c2ccc(Cl)cc2Cl)[C@@H](COS(N)(=O)=O)O1. The number of benzene rings is 1. The number of nitrogens with two attached hydrogens (primary N) is 1. The second-order valence-corrected chi connectivity index (χ2v) is 6.31. The molecule has 1 saturated heterocycles. The van der Waals surface area contributed by atoms with Gasteiger partial charge in [-0.25, -0.2) is 5.14 Å². The van der Waals surface area contributed by atoms with E-state index in [2.05, 4.69) is 4.18 Å². The Morgan fingerprint density at radius 2 is 2.05 bits per heavy atom. The number of hydrogen-bond acceptors (Lipinski definition) is 5. The van der Waals surface area contributed by atoms with Crippen LogP contribution in [0.1, 0.15) is 18.6 Å². The Hall–Kier alpha value is -0.410. The molecule has 20 heavy (non-hydrogen) atoms. The van der Waals surface area contributed by atoms with Crippen molar-refractivity contribution in [1.82, 2.24) is 0 Å². The topological polar surface area (TPSA) is 87.9 Å². The summed E-state index contributed by atoms with van der Waals surface area (Å²) < 4.78 is 37.3. The number of halogens is 2. The quantitative estimate of drug-likeness (QED) is 0.904. The first-order valence-electron chi connectivity index (χ1n) is 5.69. The zero-order valence-electron chi connectivity index (χ0n) is 10.5. The molecule has 1 aliphatic rings. The summed E-state index contributed by atoms with van der Waals surface area (Å²) in [6, 6.07) is 4.93. The van der Waals surface area contributed by atoms with Gasteiger partial charge in [-0.05, 0) is 19.1 Å². The first kappa shape index (κ1) is 16.0. The maximum Gasteiger partial charge on any atom is 0.333 e. The highest BCUT2D eigenvalue weighted by molar-refractivity contribution is 7.84. The van der Waals surface area contributed by atoms with Crippen LogP contribution < -0.4 is 5.14 Å². The molecule has 0 saturated carbocycles. The molecule has 1 fully saturated rings. The van der Waals surface area contributed by atoms with E-state index in [1.54, 1.807) is 25.1 Å². The van der Waals surface area contributed by atoms with Crippen molar-refractivity contribution in [3.05, 3.63) is 33.8 Å². The third-order valence-corrected chi connectivity index (χ3v) is 3.73. The van der Waals surface area contributed by atoms with Crippen LogP contribution >= 0.6 is 23.2 Å². The lowest BCUT2D eigenvalue weighted by Gasteiger charge is -2.17. The van der Waals surface area contributed by atoms with E-state index < -0.39 is 28.8 Å². The molecule has 2 N–H and O–H groups in total. The molecule has 112 valence electrons. The molecule has 3 atom stereocenters. The van der Waals surface area contributed by atoms with Gasteiger partial charge in [-0.3, -0.25) is 4.18 Å². The zero-order valence-corrected chi connectivity index (χ0v) is 12.8. The van der Waals surface area contributed by atoms with Gasteiger partial charge in [0.15, 0.2) is 6.29 Å². The van der Waals surface area contributed by atoms with Gasteiger partial charge in [0.25, 0.3) is 0 Å². The van der Waals surface area contributed by atoms with Crippen LogP contribution in [-0.4, -0.2) is 27.4 Å². The van der Waals surface area contributed by atoms with Crippen LogP contribution in [0.4, 0.5) is 0 Å². The van der Waals surface area contributed by atoms with Crippen LogP contribution in [0.25, 0.3) is 0 Å². The molecule has 0 aliphatic carbocycles. The predicted molar refractivity (Wildman–Crippen MR) is 73.7 cm³/mol. The second-order valence-electron chi connectivity index (χ2n) is 4.24. The molecule has 0 bridgehead atoms. The minimum atomic E-state index is -4.04. The highest BCUT2D eigenvalue weighted by Crippen LogP contribution is 2.37. The molecule has 1 unspecified atom stereocenters. The molecule has 0 radical (unpaired) electrons. The monoisotopic (exact) mass is 341 g/mol. The zero-order chi connectivity index (χ0) is 14.9. The number of ether oxygens (including phenoxy) is 2. The molecule has 6 nitrogen and oxygen atoms in total. The molecule has 1 aromatic rings. The van der Waals surface area contributed by atoms with Crippen LogP contribution in [0, 0.1) is 0 Å². The maximum absolute atomic E-state index is 10.8. The third kappa shape index (κ3) is 4.05. The van der Waals surface area contributed by atoms with Crippen molar-refractivity contribution in [1.29, 1.82) is 0 Å². The standard InChI is InChI=1S/C11H13Cl2NO5S/c1-6-18-10(5-17-20(14,15)16)11(19-6)8-3-2-7(12)4-9(8)13/h2-4,6,10-11H,5H2,1H3,(H2,14,15,16)/t6?,10-,11-/m1/s1. The van der Waals surface area contributed by atoms with E-state index >= 15 is 0 Å². The minimum absolute atomic E-state index is 0.257. The van der Waals surface area contributed by atoms with Gasteiger partial charge in [0.1, 0.15) is 12.2 Å². The van der Waals surface area contributed by atoms with E-state index in [1.165, 1.54) is 0 Å². The van der Waals surface area contributed by atoms with Crippen LogP contribution in [0.3, 0.4) is 0 Å². The molecule has 2 rings (SSSR count). The molecule has 1 aromatic carbocycles. The van der Waals surface area contributed by atoms with E-state index in [4.69, 9.17) is 37.8 Å². The van der Waals surface area contributed by atoms with Crippen molar-refractivity contribution in [3.8, 4) is 0 Å². The summed E-state index contributed by atoms with van der Waals surface area (Å²) in [5.41, 5.74) is 0.642. The van der Waals surface area contributed by atoms with E-state index in [0.29, 0.717) is 15.6 Å². The Kier molecular flexibility index (Phi) is 4.91. The Morgan fingerprint density at radius 3 is 2.65 bits per heavy atom. The minimum Gasteiger partial charge on any atom is -0.344 e. The maximum atomic E-state index is 10.8. The van der Waals surface area contributed by atoms with Crippen molar-refractivity contribution in [2.75, 3.05) is 6.61 Å². The van der Waals surface area contributed by atoms with Gasteiger partial charge in [-0.1, -0.05) is 29.3 Å². The van der Waals surface area contributed by atoms with E-state index in [-0.39, 0.29) is 6.61 Å². The third-order valence-electron chi connectivity index (χ3n) is 2.71. The highest BCUT2D eigenvalue weighted by Gasteiger charge is 2.37. The summed E-state index contributed by atoms with van der Waals surface area (Å²) >= 11 is 11.9.